The lowest BCUT2D eigenvalue weighted by molar-refractivity contribution is 0.206. The fourth-order valence-electron chi connectivity index (χ4n) is 2.71. The summed E-state index contributed by atoms with van der Waals surface area (Å²) in [5.74, 6) is 0.866. The lowest BCUT2D eigenvalue weighted by Crippen LogP contribution is -2.27. The number of nitrogens with zero attached hydrogens (tertiary/aromatic N) is 1. The summed E-state index contributed by atoms with van der Waals surface area (Å²) in [7, 11) is 0. The molecule has 1 heterocycles. The van der Waals surface area contributed by atoms with E-state index in [4.69, 9.17) is 0 Å². The highest BCUT2D eigenvalue weighted by molar-refractivity contribution is 7.09. The maximum Gasteiger partial charge on any atom is 0.0693 e. The molecule has 0 saturated heterocycles. The molecule has 1 aromatic rings. The Morgan fingerprint density at radius 1 is 1.50 bits per heavy atom. The van der Waals surface area contributed by atoms with Crippen LogP contribution in [0.15, 0.2) is 17.5 Å². The third kappa shape index (κ3) is 2.47. The van der Waals surface area contributed by atoms with Crippen LogP contribution in [0, 0.1) is 22.7 Å². The van der Waals surface area contributed by atoms with Crippen LogP contribution < -0.4 is 0 Å². The molecule has 1 saturated carbocycles. The van der Waals surface area contributed by atoms with Gasteiger partial charge in [-0.15, -0.1) is 11.3 Å². The summed E-state index contributed by atoms with van der Waals surface area (Å²) in [6.45, 7) is 2.27. The van der Waals surface area contributed by atoms with Crippen molar-refractivity contribution in [3.05, 3.63) is 22.4 Å². The van der Waals surface area contributed by atoms with Crippen LogP contribution in [0.2, 0.25) is 0 Å². The first-order valence-electron chi connectivity index (χ1n) is 6.21. The number of thiophene rings is 1. The van der Waals surface area contributed by atoms with E-state index in [0.717, 1.165) is 25.2 Å². The molecule has 0 radical (unpaired) electrons. The van der Waals surface area contributed by atoms with Crippen LogP contribution in [0.4, 0.5) is 0 Å². The van der Waals surface area contributed by atoms with Crippen molar-refractivity contribution in [2.45, 2.75) is 45.4 Å². The van der Waals surface area contributed by atoms with Crippen molar-refractivity contribution < 1.29 is 0 Å². The highest BCUT2D eigenvalue weighted by Crippen LogP contribution is 2.42. The predicted octanol–water partition coefficient (Wildman–Crippen LogP) is 4.40. The van der Waals surface area contributed by atoms with E-state index in [2.05, 4.69) is 30.5 Å². The molecule has 1 aliphatic carbocycles. The summed E-state index contributed by atoms with van der Waals surface area (Å²) < 4.78 is 0. The second-order valence-corrected chi connectivity index (χ2v) is 6.03. The first kappa shape index (κ1) is 11.7. The van der Waals surface area contributed by atoms with Gasteiger partial charge in [-0.2, -0.15) is 5.26 Å². The fourth-order valence-corrected chi connectivity index (χ4v) is 3.56. The van der Waals surface area contributed by atoms with E-state index in [-0.39, 0.29) is 5.41 Å². The van der Waals surface area contributed by atoms with E-state index in [1.54, 1.807) is 11.3 Å². The largest absolute Gasteiger partial charge is 0.198 e. The summed E-state index contributed by atoms with van der Waals surface area (Å²) in [6, 6.07) is 6.86. The van der Waals surface area contributed by atoms with Crippen molar-refractivity contribution in [3.8, 4) is 6.07 Å². The molecule has 0 spiro atoms. The minimum atomic E-state index is -0.0590. The van der Waals surface area contributed by atoms with Gasteiger partial charge in [0.1, 0.15) is 0 Å². The van der Waals surface area contributed by atoms with Gasteiger partial charge in [-0.3, -0.25) is 0 Å². The Hall–Kier alpha value is -0.810. The van der Waals surface area contributed by atoms with Crippen LogP contribution in [0.25, 0.3) is 0 Å². The van der Waals surface area contributed by atoms with E-state index in [1.807, 2.05) is 0 Å². The van der Waals surface area contributed by atoms with Crippen molar-refractivity contribution in [2.24, 2.45) is 11.3 Å². The predicted molar refractivity (Wildman–Crippen MR) is 68.3 cm³/mol. The van der Waals surface area contributed by atoms with E-state index in [1.165, 1.54) is 24.1 Å². The standard InChI is InChI=1S/C14H19NS/c1-2-12-5-7-14(11-15,8-6-12)10-13-4-3-9-16-13/h3-4,9,12H,2,5-8,10H2,1H3. The van der Waals surface area contributed by atoms with Gasteiger partial charge in [0, 0.05) is 11.3 Å². The Bertz CT molecular complexity index is 353. The van der Waals surface area contributed by atoms with Crippen molar-refractivity contribution in [3.63, 3.8) is 0 Å². The van der Waals surface area contributed by atoms with Gasteiger partial charge in [-0.1, -0.05) is 19.4 Å². The van der Waals surface area contributed by atoms with Gasteiger partial charge in [-0.05, 0) is 43.0 Å². The zero-order valence-corrected chi connectivity index (χ0v) is 10.7. The van der Waals surface area contributed by atoms with E-state index >= 15 is 0 Å². The van der Waals surface area contributed by atoms with Crippen molar-refractivity contribution in [1.29, 1.82) is 5.26 Å². The lowest BCUT2D eigenvalue weighted by atomic mass is 9.69. The van der Waals surface area contributed by atoms with Gasteiger partial charge in [0.05, 0.1) is 11.5 Å². The molecule has 0 bridgehead atoms. The maximum absolute atomic E-state index is 9.45. The zero-order chi connectivity index (χ0) is 11.4. The van der Waals surface area contributed by atoms with Crippen LogP contribution >= 0.6 is 11.3 Å². The topological polar surface area (TPSA) is 23.8 Å². The van der Waals surface area contributed by atoms with Crippen molar-refractivity contribution >= 4 is 11.3 Å². The first-order valence-corrected chi connectivity index (χ1v) is 7.09. The molecular weight excluding hydrogens is 214 g/mol. The Morgan fingerprint density at radius 3 is 2.75 bits per heavy atom. The molecule has 16 heavy (non-hydrogen) atoms. The highest BCUT2D eigenvalue weighted by atomic mass is 32.1. The van der Waals surface area contributed by atoms with E-state index in [9.17, 15) is 5.26 Å². The van der Waals surface area contributed by atoms with Gasteiger partial charge in [0.2, 0.25) is 0 Å². The average Bonchev–Trinajstić information content (AvgIpc) is 2.83. The third-order valence-electron chi connectivity index (χ3n) is 3.97. The summed E-state index contributed by atoms with van der Waals surface area (Å²) in [5.41, 5.74) is -0.0590. The fraction of sp³-hybridized carbons (Fsp3) is 0.643. The van der Waals surface area contributed by atoms with Crippen LogP contribution in [0.5, 0.6) is 0 Å². The van der Waals surface area contributed by atoms with E-state index in [0.29, 0.717) is 0 Å². The van der Waals surface area contributed by atoms with Gasteiger partial charge in [-0.25, -0.2) is 0 Å². The highest BCUT2D eigenvalue weighted by Gasteiger charge is 2.35. The Kier molecular flexibility index (Phi) is 3.66. The Labute approximate surface area is 102 Å². The molecule has 2 heteroatoms. The minimum absolute atomic E-state index is 0.0590. The number of hydrogen-bond acceptors (Lipinski definition) is 2. The number of rotatable bonds is 3. The van der Waals surface area contributed by atoms with E-state index < -0.39 is 0 Å². The summed E-state index contributed by atoms with van der Waals surface area (Å²) in [4.78, 5) is 1.37. The van der Waals surface area contributed by atoms with Crippen molar-refractivity contribution in [1.82, 2.24) is 0 Å². The molecule has 0 N–H and O–H groups in total. The number of nitriles is 1. The summed E-state index contributed by atoms with van der Waals surface area (Å²) >= 11 is 1.79. The molecule has 86 valence electrons. The van der Waals surface area contributed by atoms with Crippen LogP contribution in [0.3, 0.4) is 0 Å². The minimum Gasteiger partial charge on any atom is -0.198 e. The average molecular weight is 233 g/mol. The molecule has 1 fully saturated rings. The van der Waals surface area contributed by atoms with Crippen molar-refractivity contribution in [2.75, 3.05) is 0 Å². The second kappa shape index (κ2) is 5.01. The smallest absolute Gasteiger partial charge is 0.0693 e. The Balaban J connectivity index is 2.02. The van der Waals surface area contributed by atoms with Crippen LogP contribution in [-0.4, -0.2) is 0 Å². The molecule has 1 aliphatic rings. The second-order valence-electron chi connectivity index (χ2n) is 5.00. The first-order chi connectivity index (χ1) is 7.78. The van der Waals surface area contributed by atoms with Crippen LogP contribution in [0.1, 0.15) is 43.9 Å². The monoisotopic (exact) mass is 233 g/mol. The molecule has 1 nitrogen and oxygen atoms in total. The molecule has 0 aliphatic heterocycles. The van der Waals surface area contributed by atoms with Gasteiger partial charge < -0.3 is 0 Å². The third-order valence-corrected chi connectivity index (χ3v) is 4.85. The zero-order valence-electron chi connectivity index (χ0n) is 9.91. The van der Waals surface area contributed by atoms with Gasteiger partial charge in [0.15, 0.2) is 0 Å². The van der Waals surface area contributed by atoms with Gasteiger partial charge >= 0.3 is 0 Å². The normalized spacial score (nSPS) is 29.9. The molecule has 0 atom stereocenters. The lowest BCUT2D eigenvalue weighted by Gasteiger charge is -2.34. The molecule has 0 aromatic carbocycles. The SMILES string of the molecule is CCC1CCC(C#N)(Cc2cccs2)CC1. The quantitative estimate of drug-likeness (QED) is 0.759. The molecule has 1 aromatic heterocycles. The molecule has 2 rings (SSSR count). The summed E-state index contributed by atoms with van der Waals surface area (Å²) in [6.07, 6.45) is 6.93. The molecule has 0 amide bonds. The number of hydrogen-bond donors (Lipinski definition) is 0. The van der Waals surface area contributed by atoms with Gasteiger partial charge in [0.25, 0.3) is 0 Å². The summed E-state index contributed by atoms with van der Waals surface area (Å²) in [5, 5.41) is 11.6. The molecular formula is C14H19NS. The van der Waals surface area contributed by atoms with Crippen LogP contribution in [-0.2, 0) is 6.42 Å². The molecule has 0 unspecified atom stereocenters. The maximum atomic E-state index is 9.45. The Morgan fingerprint density at radius 2 is 2.25 bits per heavy atom.